The zero-order valence-electron chi connectivity index (χ0n) is 14.3. The van der Waals surface area contributed by atoms with Gasteiger partial charge >= 0.3 is 6.11 Å². The Balaban J connectivity index is 1.62. The Labute approximate surface area is 159 Å². The number of ether oxygens (including phenoxy) is 1. The number of aliphatic imine (C=N–C) groups is 1. The highest BCUT2D eigenvalue weighted by Crippen LogP contribution is 2.36. The van der Waals surface area contributed by atoms with Crippen LogP contribution in [-0.4, -0.2) is 16.4 Å². The Morgan fingerprint density at radius 3 is 2.89 bits per heavy atom. The van der Waals surface area contributed by atoms with Crippen LogP contribution in [0.1, 0.15) is 28.8 Å². The van der Waals surface area contributed by atoms with Gasteiger partial charge in [-0.3, -0.25) is 4.99 Å². The van der Waals surface area contributed by atoms with E-state index >= 15 is 0 Å². The third-order valence-corrected chi connectivity index (χ3v) is 5.37. The minimum atomic E-state index is -3.10. The first-order valence-electron chi connectivity index (χ1n) is 8.72. The van der Waals surface area contributed by atoms with Crippen LogP contribution in [0.4, 0.5) is 8.78 Å². The zero-order chi connectivity index (χ0) is 18.6. The minimum Gasteiger partial charge on any atom is -0.432 e. The topological polar surface area (TPSA) is 26.5 Å². The zero-order valence-corrected chi connectivity index (χ0v) is 15.0. The molecule has 0 amide bonds. The molecule has 0 saturated carbocycles. The van der Waals surface area contributed by atoms with Gasteiger partial charge in [-0.25, -0.2) is 0 Å². The van der Waals surface area contributed by atoms with Crippen LogP contribution in [0.3, 0.4) is 0 Å². The summed E-state index contributed by atoms with van der Waals surface area (Å²) in [7, 11) is 0. The van der Waals surface area contributed by atoms with Gasteiger partial charge in [-0.1, -0.05) is 17.7 Å². The second kappa shape index (κ2) is 5.92. The number of aryl methyl sites for hydroxylation is 1. The quantitative estimate of drug-likeness (QED) is 0.551. The van der Waals surface area contributed by atoms with Crippen LogP contribution in [0.25, 0.3) is 5.69 Å². The number of hydrogen-bond acceptors (Lipinski definition) is 2. The molecule has 0 bridgehead atoms. The van der Waals surface area contributed by atoms with Gasteiger partial charge in [-0.2, -0.15) is 8.78 Å². The molecule has 0 atom stereocenters. The van der Waals surface area contributed by atoms with Crippen LogP contribution < -0.4 is 4.74 Å². The number of nitrogens with zero attached hydrogens (tertiary/aromatic N) is 2. The first kappa shape index (κ1) is 16.5. The number of aromatic nitrogens is 1. The highest BCUT2D eigenvalue weighted by atomic mass is 35.5. The molecule has 0 radical (unpaired) electrons. The normalized spacial score (nSPS) is 17.1. The lowest BCUT2D eigenvalue weighted by Gasteiger charge is -2.25. The van der Waals surface area contributed by atoms with Crippen LogP contribution in [0.15, 0.2) is 59.7 Å². The van der Waals surface area contributed by atoms with Crippen molar-refractivity contribution >= 4 is 17.3 Å². The Bertz CT molecular complexity index is 1090. The van der Waals surface area contributed by atoms with Crippen molar-refractivity contribution in [2.75, 3.05) is 0 Å². The molecule has 0 fully saturated rings. The van der Waals surface area contributed by atoms with Gasteiger partial charge in [0.25, 0.3) is 0 Å². The first-order chi connectivity index (χ1) is 13.0. The standard InChI is InChI=1S/C21H15ClF2N2O/c22-16-3-1-4-17-15(16)12-25-20(18-5-2-10-26(17)18)14-6-7-19-13(11-14)8-9-21(23,24)27-19/h1-7,10-11H,8-9,12H2. The lowest BCUT2D eigenvalue weighted by molar-refractivity contribution is -0.187. The van der Waals surface area contributed by atoms with Crippen molar-refractivity contribution in [1.29, 1.82) is 0 Å². The Hall–Kier alpha value is -2.66. The maximum atomic E-state index is 13.5. The van der Waals surface area contributed by atoms with Crippen LogP contribution in [0, 0.1) is 0 Å². The lowest BCUT2D eigenvalue weighted by Crippen LogP contribution is -2.29. The molecule has 3 heterocycles. The van der Waals surface area contributed by atoms with Crippen molar-refractivity contribution < 1.29 is 13.5 Å². The van der Waals surface area contributed by atoms with Crippen molar-refractivity contribution in [2.45, 2.75) is 25.5 Å². The van der Waals surface area contributed by atoms with E-state index in [4.69, 9.17) is 21.3 Å². The average Bonchev–Trinajstić information content (AvgIpc) is 3.06. The minimum absolute atomic E-state index is 0.242. The largest absolute Gasteiger partial charge is 0.432 e. The van der Waals surface area contributed by atoms with E-state index in [0.717, 1.165) is 33.8 Å². The van der Waals surface area contributed by atoms with Crippen molar-refractivity contribution in [3.05, 3.63) is 82.1 Å². The molecule has 3 nitrogen and oxygen atoms in total. The van der Waals surface area contributed by atoms with Crippen molar-refractivity contribution in [1.82, 2.24) is 4.57 Å². The fourth-order valence-corrected chi connectivity index (χ4v) is 3.93. The summed E-state index contributed by atoms with van der Waals surface area (Å²) in [5.74, 6) is 0.242. The predicted octanol–water partition coefficient (Wildman–Crippen LogP) is 5.40. The maximum absolute atomic E-state index is 13.5. The van der Waals surface area contributed by atoms with Crippen LogP contribution in [0.5, 0.6) is 5.75 Å². The van der Waals surface area contributed by atoms with Crippen LogP contribution in [-0.2, 0) is 13.0 Å². The molecule has 2 aliphatic heterocycles. The number of rotatable bonds is 1. The first-order valence-corrected chi connectivity index (χ1v) is 9.10. The van der Waals surface area contributed by atoms with Crippen molar-refractivity contribution in [3.8, 4) is 11.4 Å². The van der Waals surface area contributed by atoms with Gasteiger partial charge in [0.05, 0.1) is 30.1 Å². The third kappa shape index (κ3) is 2.73. The fraction of sp³-hybridized carbons (Fsp3) is 0.190. The van der Waals surface area contributed by atoms with Crippen molar-refractivity contribution in [3.63, 3.8) is 0 Å². The average molecular weight is 385 g/mol. The van der Waals surface area contributed by atoms with E-state index in [1.165, 1.54) is 0 Å². The summed E-state index contributed by atoms with van der Waals surface area (Å²) in [5, 5.41) is 0.679. The maximum Gasteiger partial charge on any atom is 0.398 e. The molecule has 0 N–H and O–H groups in total. The molecule has 5 rings (SSSR count). The molecule has 1 aromatic heterocycles. The Morgan fingerprint density at radius 2 is 2.00 bits per heavy atom. The van der Waals surface area contributed by atoms with Crippen LogP contribution in [0.2, 0.25) is 5.02 Å². The van der Waals surface area contributed by atoms with Gasteiger partial charge in [-0.15, -0.1) is 0 Å². The number of halogens is 3. The van der Waals surface area contributed by atoms with Gasteiger partial charge in [0, 0.05) is 22.3 Å². The van der Waals surface area contributed by atoms with E-state index in [1.807, 2.05) is 42.6 Å². The summed E-state index contributed by atoms with van der Waals surface area (Å²) in [6, 6.07) is 15.1. The molecule has 0 saturated heterocycles. The molecule has 0 spiro atoms. The van der Waals surface area contributed by atoms with Gasteiger partial charge in [0.1, 0.15) is 5.75 Å². The molecule has 2 aromatic carbocycles. The molecular formula is C21H15ClF2N2O. The highest BCUT2D eigenvalue weighted by Gasteiger charge is 2.36. The lowest BCUT2D eigenvalue weighted by atomic mass is 9.99. The van der Waals surface area contributed by atoms with Gasteiger partial charge < -0.3 is 9.30 Å². The molecule has 0 aliphatic carbocycles. The molecule has 2 aliphatic rings. The monoisotopic (exact) mass is 384 g/mol. The van der Waals surface area contributed by atoms with E-state index in [1.54, 1.807) is 12.1 Å². The molecule has 6 heteroatoms. The van der Waals surface area contributed by atoms with Crippen LogP contribution >= 0.6 is 11.6 Å². The van der Waals surface area contributed by atoms with E-state index in [0.29, 0.717) is 11.6 Å². The summed E-state index contributed by atoms with van der Waals surface area (Å²) < 4.78 is 33.8. The van der Waals surface area contributed by atoms with Gasteiger partial charge in [0.2, 0.25) is 0 Å². The molecular weight excluding hydrogens is 370 g/mol. The summed E-state index contributed by atoms with van der Waals surface area (Å²) in [4.78, 5) is 4.81. The van der Waals surface area contributed by atoms with E-state index in [-0.39, 0.29) is 18.6 Å². The van der Waals surface area contributed by atoms with Gasteiger partial charge in [-0.05, 0) is 54.4 Å². The summed E-state index contributed by atoms with van der Waals surface area (Å²) in [5.41, 5.74) is 5.38. The number of benzene rings is 2. The highest BCUT2D eigenvalue weighted by molar-refractivity contribution is 6.31. The second-order valence-corrected chi connectivity index (χ2v) is 7.13. The predicted molar refractivity (Wildman–Crippen MR) is 100 cm³/mol. The summed E-state index contributed by atoms with van der Waals surface area (Å²) in [6.45, 7) is 0.456. The fourth-order valence-electron chi connectivity index (χ4n) is 3.71. The Morgan fingerprint density at radius 1 is 1.11 bits per heavy atom. The Kier molecular flexibility index (Phi) is 3.62. The van der Waals surface area contributed by atoms with E-state index < -0.39 is 6.11 Å². The molecule has 136 valence electrons. The molecule has 0 unspecified atom stereocenters. The smallest absolute Gasteiger partial charge is 0.398 e. The summed E-state index contributed by atoms with van der Waals surface area (Å²) >= 11 is 6.39. The number of fused-ring (bicyclic) bond motifs is 4. The molecule has 27 heavy (non-hydrogen) atoms. The second-order valence-electron chi connectivity index (χ2n) is 6.73. The van der Waals surface area contributed by atoms with Gasteiger partial charge in [0.15, 0.2) is 0 Å². The number of hydrogen-bond donors (Lipinski definition) is 0. The number of alkyl halides is 2. The SMILES string of the molecule is FC1(F)CCc2cc(C3=NCc4c(Cl)cccc4-n4cccc43)ccc2O1. The molecule has 3 aromatic rings. The van der Waals surface area contributed by atoms with E-state index in [2.05, 4.69) is 4.57 Å². The third-order valence-electron chi connectivity index (χ3n) is 5.02. The van der Waals surface area contributed by atoms with Crippen molar-refractivity contribution in [2.24, 2.45) is 4.99 Å². The van der Waals surface area contributed by atoms with E-state index in [9.17, 15) is 8.78 Å². The summed E-state index contributed by atoms with van der Waals surface area (Å²) in [6.07, 6.45) is -1.15.